The van der Waals surface area contributed by atoms with E-state index in [1.54, 1.807) is 12.0 Å². The monoisotopic (exact) mass is 505 g/mol. The zero-order chi connectivity index (χ0) is 25.7. The number of amides is 2. The van der Waals surface area contributed by atoms with E-state index in [4.69, 9.17) is 9.57 Å². The molecule has 2 amide bonds. The molecule has 2 saturated heterocycles. The number of hydrogen-bond donors (Lipinski definition) is 0. The zero-order valence-electron chi connectivity index (χ0n) is 20.7. The lowest BCUT2D eigenvalue weighted by atomic mass is 9.90. The number of hydroxylamine groups is 1. The zero-order valence-corrected chi connectivity index (χ0v) is 21.5. The van der Waals surface area contributed by atoms with E-state index in [0.717, 1.165) is 26.7 Å². The molecule has 8 nitrogen and oxygen atoms in total. The normalized spacial score (nSPS) is 21.2. The summed E-state index contributed by atoms with van der Waals surface area (Å²) in [7, 11) is 5.21. The second-order valence-corrected chi connectivity index (χ2v) is 10.3. The number of carbonyl (C=O) groups is 3. The van der Waals surface area contributed by atoms with Gasteiger partial charge in [0.2, 0.25) is 5.91 Å². The molecule has 3 heterocycles. The van der Waals surface area contributed by atoms with Crippen LogP contribution in [-0.2, 0) is 19.2 Å². The van der Waals surface area contributed by atoms with Crippen LogP contribution in [0.15, 0.2) is 54.6 Å². The fraction of sp³-hybridized carbons (Fsp3) is 0.296. The van der Waals surface area contributed by atoms with Gasteiger partial charge in [-0.25, -0.2) is 14.8 Å². The van der Waals surface area contributed by atoms with E-state index in [1.807, 2.05) is 80.5 Å². The molecule has 186 valence electrons. The van der Waals surface area contributed by atoms with E-state index < -0.39 is 35.8 Å². The molecule has 2 aromatic carbocycles. The molecule has 0 saturated carbocycles. The van der Waals surface area contributed by atoms with Gasteiger partial charge in [-0.05, 0) is 49.2 Å². The van der Waals surface area contributed by atoms with Crippen molar-refractivity contribution in [3.63, 3.8) is 0 Å². The summed E-state index contributed by atoms with van der Waals surface area (Å²) in [5.41, 5.74) is 3.56. The van der Waals surface area contributed by atoms with Crippen molar-refractivity contribution in [2.75, 3.05) is 36.1 Å². The Morgan fingerprint density at radius 1 is 1.00 bits per heavy atom. The van der Waals surface area contributed by atoms with Crippen molar-refractivity contribution in [2.45, 2.75) is 26.0 Å². The van der Waals surface area contributed by atoms with Gasteiger partial charge in [0.25, 0.3) is 5.91 Å². The maximum Gasteiger partial charge on any atom is 0.341 e. The van der Waals surface area contributed by atoms with Crippen molar-refractivity contribution < 1.29 is 24.0 Å². The van der Waals surface area contributed by atoms with Gasteiger partial charge in [0, 0.05) is 24.7 Å². The molecule has 5 rings (SSSR count). The Hall–Kier alpha value is -3.69. The second-order valence-electron chi connectivity index (χ2n) is 9.11. The van der Waals surface area contributed by atoms with Crippen LogP contribution in [0, 0.1) is 19.8 Å². The fourth-order valence-electron chi connectivity index (χ4n) is 4.83. The first-order valence-electron chi connectivity index (χ1n) is 11.6. The molecule has 0 radical (unpaired) electrons. The summed E-state index contributed by atoms with van der Waals surface area (Å²) < 4.78 is 4.97. The fourth-order valence-corrected chi connectivity index (χ4v) is 5.99. The Bertz CT molecular complexity index is 1340. The van der Waals surface area contributed by atoms with Crippen LogP contribution in [0.3, 0.4) is 0 Å². The number of aryl methyl sites for hydroxylation is 1. The Kier molecular flexibility index (Phi) is 6.05. The predicted octanol–water partition coefficient (Wildman–Crippen LogP) is 4.27. The molecule has 3 atom stereocenters. The van der Waals surface area contributed by atoms with Gasteiger partial charge in [-0.1, -0.05) is 30.3 Å². The number of esters is 1. The van der Waals surface area contributed by atoms with E-state index in [1.165, 1.54) is 18.4 Å². The lowest BCUT2D eigenvalue weighted by Gasteiger charge is -2.29. The Balaban J connectivity index is 1.60. The van der Waals surface area contributed by atoms with Gasteiger partial charge >= 0.3 is 5.97 Å². The molecule has 0 aliphatic carbocycles. The van der Waals surface area contributed by atoms with Crippen LogP contribution in [0.1, 0.15) is 32.4 Å². The Morgan fingerprint density at radius 3 is 2.28 bits per heavy atom. The lowest BCUT2D eigenvalue weighted by molar-refractivity contribution is -0.126. The second kappa shape index (κ2) is 9.07. The first-order valence-corrected chi connectivity index (χ1v) is 12.4. The Labute approximate surface area is 213 Å². The van der Waals surface area contributed by atoms with E-state index in [-0.39, 0.29) is 10.6 Å². The smallest absolute Gasteiger partial charge is 0.341 e. The molecule has 3 unspecified atom stereocenters. The number of ether oxygens (including phenoxy) is 1. The lowest BCUT2D eigenvalue weighted by Crippen LogP contribution is -2.37. The molecule has 9 heteroatoms. The van der Waals surface area contributed by atoms with Crippen LogP contribution in [-0.4, -0.2) is 45.1 Å². The van der Waals surface area contributed by atoms with Crippen molar-refractivity contribution in [1.82, 2.24) is 0 Å². The highest BCUT2D eigenvalue weighted by Crippen LogP contribution is 2.49. The highest BCUT2D eigenvalue weighted by Gasteiger charge is 2.61. The first-order chi connectivity index (χ1) is 17.2. The standard InChI is InChI=1S/C27H27N3O5S/c1-15-16(2)36-26(20(15)27(33)34-5)29-24(31)21-22(17-11-13-18(14-12-17)28(3)4)30(35-23(21)25(29)32)19-9-7-6-8-10-19/h6-14,21-23H,1-5H3. The molecule has 0 N–H and O–H groups in total. The van der Waals surface area contributed by atoms with Gasteiger partial charge in [0.05, 0.1) is 24.4 Å². The number of fused-ring (bicyclic) bond motifs is 1. The number of carbonyl (C=O) groups excluding carboxylic acids is 3. The number of rotatable bonds is 5. The van der Waals surface area contributed by atoms with Crippen molar-refractivity contribution in [3.8, 4) is 0 Å². The molecule has 0 spiro atoms. The number of anilines is 3. The summed E-state index contributed by atoms with van der Waals surface area (Å²) in [6, 6.07) is 16.8. The van der Waals surface area contributed by atoms with Crippen LogP contribution >= 0.6 is 11.3 Å². The third kappa shape index (κ3) is 3.66. The van der Waals surface area contributed by atoms with Gasteiger partial charge in [0.1, 0.15) is 10.9 Å². The third-order valence-corrected chi connectivity index (χ3v) is 8.03. The summed E-state index contributed by atoms with van der Waals surface area (Å²) in [5.74, 6) is -2.23. The molecule has 2 aliphatic rings. The Morgan fingerprint density at radius 2 is 1.67 bits per heavy atom. The van der Waals surface area contributed by atoms with Gasteiger partial charge in [-0.2, -0.15) is 0 Å². The molecule has 2 aliphatic heterocycles. The van der Waals surface area contributed by atoms with Crippen molar-refractivity contribution in [3.05, 3.63) is 76.2 Å². The van der Waals surface area contributed by atoms with E-state index in [2.05, 4.69) is 0 Å². The van der Waals surface area contributed by atoms with Gasteiger partial charge in [-0.3, -0.25) is 14.4 Å². The average Bonchev–Trinajstić information content (AvgIpc) is 3.49. The van der Waals surface area contributed by atoms with Crippen LogP contribution in [0.4, 0.5) is 16.4 Å². The summed E-state index contributed by atoms with van der Waals surface area (Å²) in [6.07, 6.45) is -1.01. The minimum absolute atomic E-state index is 0.244. The third-order valence-electron chi connectivity index (χ3n) is 6.84. The van der Waals surface area contributed by atoms with Crippen LogP contribution < -0.4 is 14.9 Å². The summed E-state index contributed by atoms with van der Waals surface area (Å²) >= 11 is 1.24. The molecule has 1 aromatic heterocycles. The van der Waals surface area contributed by atoms with Gasteiger partial charge in [-0.15, -0.1) is 11.3 Å². The average molecular weight is 506 g/mol. The minimum atomic E-state index is -1.01. The van der Waals surface area contributed by atoms with Crippen molar-refractivity contribution in [1.29, 1.82) is 0 Å². The SMILES string of the molecule is COC(=O)c1c(N2C(=O)C3ON(c4ccccc4)C(c4ccc(N(C)C)cc4)C3C2=O)sc(C)c1C. The van der Waals surface area contributed by atoms with E-state index in [9.17, 15) is 14.4 Å². The van der Waals surface area contributed by atoms with E-state index >= 15 is 0 Å². The number of hydrogen-bond acceptors (Lipinski definition) is 8. The van der Waals surface area contributed by atoms with Gasteiger partial charge < -0.3 is 9.64 Å². The predicted molar refractivity (Wildman–Crippen MR) is 138 cm³/mol. The first kappa shape index (κ1) is 24.0. The molecule has 36 heavy (non-hydrogen) atoms. The number of nitrogens with zero attached hydrogens (tertiary/aromatic N) is 3. The number of benzene rings is 2. The quantitative estimate of drug-likeness (QED) is 0.379. The topological polar surface area (TPSA) is 79.4 Å². The maximum atomic E-state index is 14.0. The molecule has 3 aromatic rings. The molecule has 0 bridgehead atoms. The number of methoxy groups -OCH3 is 1. The molecule has 2 fully saturated rings. The molecular formula is C27H27N3O5S. The largest absolute Gasteiger partial charge is 0.465 e. The summed E-state index contributed by atoms with van der Waals surface area (Å²) in [4.78, 5) is 50.4. The molecular weight excluding hydrogens is 478 g/mol. The summed E-state index contributed by atoms with van der Waals surface area (Å²) in [6.45, 7) is 3.64. The minimum Gasteiger partial charge on any atom is -0.465 e. The van der Waals surface area contributed by atoms with Crippen LogP contribution in [0.5, 0.6) is 0 Å². The number of imide groups is 1. The van der Waals surface area contributed by atoms with Crippen LogP contribution in [0.2, 0.25) is 0 Å². The van der Waals surface area contributed by atoms with Crippen molar-refractivity contribution >= 4 is 45.5 Å². The van der Waals surface area contributed by atoms with Gasteiger partial charge in [0.15, 0.2) is 6.10 Å². The number of thiophene rings is 1. The van der Waals surface area contributed by atoms with Crippen molar-refractivity contribution in [2.24, 2.45) is 5.92 Å². The highest BCUT2D eigenvalue weighted by molar-refractivity contribution is 7.17. The van der Waals surface area contributed by atoms with E-state index in [0.29, 0.717) is 5.56 Å². The number of para-hydroxylation sites is 1. The summed E-state index contributed by atoms with van der Waals surface area (Å²) in [5, 5.41) is 1.96. The van der Waals surface area contributed by atoms with Crippen LogP contribution in [0.25, 0.3) is 0 Å². The highest BCUT2D eigenvalue weighted by atomic mass is 32.1. The maximum absolute atomic E-state index is 14.0.